The fourth-order valence-corrected chi connectivity index (χ4v) is 8.64. The van der Waals surface area contributed by atoms with E-state index < -0.39 is 71.6 Å². The van der Waals surface area contributed by atoms with Crippen LogP contribution in [0, 0.1) is 0 Å². The molecule has 0 saturated carbocycles. The third-order valence-electron chi connectivity index (χ3n) is 9.54. The Morgan fingerprint density at radius 2 is 1.14 bits per heavy atom. The molecule has 0 spiro atoms. The van der Waals surface area contributed by atoms with Crippen molar-refractivity contribution in [1.29, 1.82) is 0 Å². The van der Waals surface area contributed by atoms with E-state index in [4.69, 9.17) is 15.2 Å². The van der Waals surface area contributed by atoms with Crippen LogP contribution in [-0.2, 0) is 40.5 Å². The third-order valence-corrected chi connectivity index (χ3v) is 12.9. The average molecular weight is 1090 g/mol. The Bertz CT molecular complexity index is 3750. The van der Waals surface area contributed by atoms with Gasteiger partial charge in [-0.1, -0.05) is 24.3 Å². The Hall–Kier alpha value is -3.70. The van der Waals surface area contributed by atoms with Crippen LogP contribution < -0.4 is 139 Å². The summed E-state index contributed by atoms with van der Waals surface area (Å²) in [6, 6.07) is 20.4. The second-order valence-electron chi connectivity index (χ2n) is 13.8. The molecular weight excluding hydrogens is 1070 g/mol. The summed E-state index contributed by atoms with van der Waals surface area (Å²) in [4.78, 5) is 10.9. The van der Waals surface area contributed by atoms with E-state index in [2.05, 4.69) is 41.2 Å². The number of carbonyl (C=O) groups excluding carboxylic acids is 1. The van der Waals surface area contributed by atoms with Crippen LogP contribution in [0.5, 0.6) is 11.5 Å². The van der Waals surface area contributed by atoms with Crippen molar-refractivity contribution in [3.63, 3.8) is 0 Å². The van der Waals surface area contributed by atoms with Gasteiger partial charge < -0.3 is 33.4 Å². The number of rotatable bonds is 14. The number of carbonyl (C=O) groups is 1. The molecular formula is C40H27N9Na4O15S4. The Morgan fingerprint density at radius 1 is 0.542 bits per heavy atom. The van der Waals surface area contributed by atoms with Crippen LogP contribution >= 0.6 is 0 Å². The van der Waals surface area contributed by atoms with Gasteiger partial charge in [0, 0.05) is 34.0 Å². The van der Waals surface area contributed by atoms with Crippen molar-refractivity contribution in [1.82, 2.24) is 0 Å². The summed E-state index contributed by atoms with van der Waals surface area (Å²) in [6.45, 7) is 0. The third kappa shape index (κ3) is 14.4. The number of azo groups is 3. The van der Waals surface area contributed by atoms with Gasteiger partial charge in [0.1, 0.15) is 80.4 Å². The zero-order valence-electron chi connectivity index (χ0n) is 38.4. The van der Waals surface area contributed by atoms with Gasteiger partial charge in [-0.3, -0.25) is 10.2 Å². The van der Waals surface area contributed by atoms with Gasteiger partial charge in [0.25, 0.3) is 0 Å². The second-order valence-corrected chi connectivity index (χ2v) is 19.2. The summed E-state index contributed by atoms with van der Waals surface area (Å²) >= 11 is 0. The van der Waals surface area contributed by atoms with Gasteiger partial charge >= 0.3 is 118 Å². The number of ketones is 1. The molecule has 0 aliphatic heterocycles. The maximum Gasteiger partial charge on any atom is 1.00 e. The number of nitrogens with two attached hydrogens (primary N) is 1. The zero-order valence-corrected chi connectivity index (χ0v) is 49.6. The van der Waals surface area contributed by atoms with E-state index in [1.165, 1.54) is 87.0 Å². The minimum Gasteiger partial charge on any atom is -0.744 e. The molecule has 0 heterocycles. The number of Topliss-reactive ketones (excluding diaryl/α,β-unsaturated/α-hetero) is 1. The quantitative estimate of drug-likeness (QED) is 0.0339. The first-order valence-electron chi connectivity index (χ1n) is 18.6. The van der Waals surface area contributed by atoms with E-state index in [9.17, 15) is 56.7 Å². The number of nitrogens with zero attached hydrogens (tertiary/aromatic N) is 7. The first-order valence-corrected chi connectivity index (χ1v) is 24.2. The van der Waals surface area contributed by atoms with E-state index in [-0.39, 0.29) is 197 Å². The summed E-state index contributed by atoms with van der Waals surface area (Å²) in [5.41, 5.74) is 6.36. The summed E-state index contributed by atoms with van der Waals surface area (Å²) in [6.07, 6.45) is 0.805. The van der Waals surface area contributed by atoms with Crippen LogP contribution in [0.1, 0.15) is 15.9 Å². The second kappa shape index (κ2) is 25.2. The van der Waals surface area contributed by atoms with Crippen LogP contribution in [0.4, 0.5) is 45.5 Å². The van der Waals surface area contributed by atoms with Crippen molar-refractivity contribution in [2.75, 3.05) is 25.4 Å². The zero-order chi connectivity index (χ0) is 49.3. The maximum absolute atomic E-state index is 13.9. The number of fused-ring (bicyclic) bond motifs is 2. The van der Waals surface area contributed by atoms with E-state index in [1.54, 1.807) is 0 Å². The molecule has 6 aromatic carbocycles. The number of anilines is 2. The van der Waals surface area contributed by atoms with Crippen LogP contribution in [0.15, 0.2) is 159 Å². The van der Waals surface area contributed by atoms with Gasteiger partial charge in [-0.2, -0.15) is 10.2 Å². The molecule has 0 fully saturated rings. The number of hydrazone groups is 1. The minimum absolute atomic E-state index is 0. The topological polar surface area (TPSA) is 389 Å². The number of methoxy groups -OCH3 is 2. The molecule has 350 valence electrons. The molecule has 72 heavy (non-hydrogen) atoms. The van der Waals surface area contributed by atoms with E-state index in [0.717, 1.165) is 36.4 Å². The number of hydrogen-bond donors (Lipinski definition) is 2. The SMILES string of the molecule is COc1cc(NN=C2C(=O)c3ccc(N)c(N=Nc4cccc(S(=O)(=O)[O-])c4)c3C=C2S(=O)(=O)[O-])c(OC)cc1N=Nc1ccc(N=Nc2ccccc2S(=O)(=O)[O-])c2ccc(S(=O)(=O)[O-])cc12.[Na+].[Na+].[Na+].[Na+]. The van der Waals surface area contributed by atoms with Crippen LogP contribution in [0.25, 0.3) is 16.8 Å². The van der Waals surface area contributed by atoms with Crippen molar-refractivity contribution < 1.29 is 184 Å². The van der Waals surface area contributed by atoms with Crippen LogP contribution in [-0.4, -0.2) is 77.6 Å². The van der Waals surface area contributed by atoms with Gasteiger partial charge in [-0.25, -0.2) is 33.7 Å². The maximum atomic E-state index is 13.9. The van der Waals surface area contributed by atoms with Crippen LogP contribution in [0.3, 0.4) is 0 Å². The first-order chi connectivity index (χ1) is 32.0. The van der Waals surface area contributed by atoms with Gasteiger partial charge in [0.05, 0.1) is 56.6 Å². The molecule has 24 nitrogen and oxygen atoms in total. The molecule has 6 aromatic rings. The van der Waals surface area contributed by atoms with Crippen molar-refractivity contribution in [2.24, 2.45) is 35.8 Å². The minimum atomic E-state index is -5.47. The number of allylic oxidation sites excluding steroid dienone is 1. The summed E-state index contributed by atoms with van der Waals surface area (Å²) in [7, 11) is -17.8. The number of ether oxygens (including phenoxy) is 2. The summed E-state index contributed by atoms with van der Waals surface area (Å²) < 4.78 is 155. The van der Waals surface area contributed by atoms with Gasteiger partial charge in [-0.15, -0.1) is 25.6 Å². The molecule has 1 aliphatic carbocycles. The molecule has 32 heteroatoms. The predicted octanol–water partition coefficient (Wildman–Crippen LogP) is -5.04. The van der Waals surface area contributed by atoms with Crippen molar-refractivity contribution in [2.45, 2.75) is 14.7 Å². The fraction of sp³-hybridized carbons (Fsp3) is 0.0500. The molecule has 0 bridgehead atoms. The van der Waals surface area contributed by atoms with Gasteiger partial charge in [-0.05, 0) is 72.8 Å². The molecule has 0 saturated heterocycles. The Balaban J connectivity index is 0.00000342. The predicted molar refractivity (Wildman–Crippen MR) is 237 cm³/mol. The molecule has 0 atom stereocenters. The molecule has 0 aromatic heterocycles. The normalized spacial score (nSPS) is 13.4. The van der Waals surface area contributed by atoms with Crippen molar-refractivity contribution in [3.05, 3.63) is 119 Å². The Kier molecular flexibility index (Phi) is 21.9. The smallest absolute Gasteiger partial charge is 0.744 e. The molecule has 0 amide bonds. The van der Waals surface area contributed by atoms with E-state index >= 15 is 0 Å². The Morgan fingerprint density at radius 3 is 1.75 bits per heavy atom. The fourth-order valence-electron chi connectivity index (χ4n) is 6.38. The molecule has 7 rings (SSSR count). The van der Waals surface area contributed by atoms with Gasteiger partial charge in [0.2, 0.25) is 5.78 Å². The van der Waals surface area contributed by atoms with Crippen molar-refractivity contribution >= 4 is 114 Å². The molecule has 3 N–H and O–H groups in total. The van der Waals surface area contributed by atoms with Gasteiger partial charge in [0.15, 0.2) is 0 Å². The number of nitrogen functional groups attached to an aromatic ring is 1. The number of nitrogens with one attached hydrogen (secondary N) is 1. The number of benzene rings is 6. The van der Waals surface area contributed by atoms with Crippen molar-refractivity contribution in [3.8, 4) is 11.5 Å². The standard InChI is InChI=1S/C40H31N9O15S4.4Na/c1-63-34-20-33(47-49-39-37(68(60,61)62)18-27-25(40(39)50)12-13-28(41)38(27)48-42-21-6-5-7-22(16-21)65(51,52)53)35(64-2)19-32(34)46-44-30-15-14-29(24-11-10-23(17-26(24)30)66(54,55)56)43-45-31-8-3-4-9-36(31)67(57,58)59;;;;/h3-20,47H,41H2,1-2H3,(H,51,52,53)(H,54,55,56)(H,57,58,59)(H,60,61,62);;;;/q;4*+1/p-4. The summed E-state index contributed by atoms with van der Waals surface area (Å²) in [5.74, 6) is -1.18. The van der Waals surface area contributed by atoms with E-state index in [0.29, 0.717) is 0 Å². The molecule has 0 unspecified atom stereocenters. The van der Waals surface area contributed by atoms with Crippen LogP contribution in [0.2, 0.25) is 0 Å². The average Bonchev–Trinajstić information content (AvgIpc) is 3.28. The monoisotopic (exact) mass is 1090 g/mol. The Labute approximate surface area is 498 Å². The molecule has 1 aliphatic rings. The largest absolute Gasteiger partial charge is 1.00 e. The summed E-state index contributed by atoms with van der Waals surface area (Å²) in [5, 5.41) is 28.4. The van der Waals surface area contributed by atoms with E-state index in [1.807, 2.05) is 0 Å². The first kappa shape index (κ1) is 62.6. The molecule has 0 radical (unpaired) electrons. The number of hydrogen-bond acceptors (Lipinski definition) is 24.